The molecular formula is C24H30F3N7O. The second-order valence-electron chi connectivity index (χ2n) is 9.66. The Hall–Kier alpha value is -3.05. The standard InChI is InChI=1S/C24H30F3N7O/c1-23(2,35)18-19(16-9-6-5-7-10-16)29-22(28-15-32(3)4)34-21(18)30-20(31-34)17-11-8-12-33(13-17)14-24(25,26)27/h5-7,9-10,15,17,35H,8,11-14H2,1-4H3/t17-/m1/s1. The molecular weight excluding hydrogens is 459 g/mol. The molecule has 1 fully saturated rings. The van der Waals surface area contributed by atoms with Crippen molar-refractivity contribution < 1.29 is 18.3 Å². The van der Waals surface area contributed by atoms with Crippen LogP contribution in [-0.4, -0.2) is 80.7 Å². The number of hydrogen-bond acceptors (Lipinski definition) is 6. The number of fused-ring (bicyclic) bond motifs is 1. The van der Waals surface area contributed by atoms with Gasteiger partial charge in [-0.15, -0.1) is 5.10 Å². The summed E-state index contributed by atoms with van der Waals surface area (Å²) in [6.07, 6.45) is -1.37. The fourth-order valence-corrected chi connectivity index (χ4v) is 4.39. The molecule has 0 unspecified atom stereocenters. The van der Waals surface area contributed by atoms with Crippen LogP contribution in [-0.2, 0) is 5.60 Å². The fourth-order valence-electron chi connectivity index (χ4n) is 4.39. The first-order valence-corrected chi connectivity index (χ1v) is 11.5. The molecule has 11 heteroatoms. The highest BCUT2D eigenvalue weighted by molar-refractivity contribution is 5.74. The number of benzene rings is 1. The van der Waals surface area contributed by atoms with Crippen LogP contribution in [0.2, 0.25) is 0 Å². The summed E-state index contributed by atoms with van der Waals surface area (Å²) in [5.74, 6) is 0.421. The van der Waals surface area contributed by atoms with Gasteiger partial charge in [-0.25, -0.2) is 15.0 Å². The van der Waals surface area contributed by atoms with Gasteiger partial charge in [0.25, 0.3) is 5.95 Å². The molecule has 3 heterocycles. The van der Waals surface area contributed by atoms with Crippen molar-refractivity contribution in [3.8, 4) is 11.3 Å². The number of aromatic nitrogens is 4. The van der Waals surface area contributed by atoms with Crippen molar-refractivity contribution in [2.45, 2.75) is 44.4 Å². The Kier molecular flexibility index (Phi) is 6.83. The van der Waals surface area contributed by atoms with Crippen LogP contribution in [0.15, 0.2) is 35.3 Å². The van der Waals surface area contributed by atoms with E-state index in [1.807, 2.05) is 44.4 Å². The third kappa shape index (κ3) is 5.79. The Labute approximate surface area is 202 Å². The van der Waals surface area contributed by atoms with Crippen LogP contribution < -0.4 is 0 Å². The molecule has 188 valence electrons. The predicted molar refractivity (Wildman–Crippen MR) is 128 cm³/mol. The van der Waals surface area contributed by atoms with E-state index in [0.29, 0.717) is 42.1 Å². The highest BCUT2D eigenvalue weighted by Gasteiger charge is 2.35. The highest BCUT2D eigenvalue weighted by atomic mass is 19.4. The van der Waals surface area contributed by atoms with Crippen molar-refractivity contribution in [3.63, 3.8) is 0 Å². The maximum absolute atomic E-state index is 13.0. The van der Waals surface area contributed by atoms with E-state index in [9.17, 15) is 18.3 Å². The molecule has 0 saturated carbocycles. The van der Waals surface area contributed by atoms with Gasteiger partial charge in [-0.2, -0.15) is 17.7 Å². The van der Waals surface area contributed by atoms with Gasteiger partial charge >= 0.3 is 6.18 Å². The maximum atomic E-state index is 13.0. The predicted octanol–water partition coefficient (Wildman–Crippen LogP) is 3.98. The summed E-state index contributed by atoms with van der Waals surface area (Å²) in [4.78, 5) is 17.1. The van der Waals surface area contributed by atoms with Crippen LogP contribution in [0.3, 0.4) is 0 Å². The second-order valence-corrected chi connectivity index (χ2v) is 9.66. The van der Waals surface area contributed by atoms with Gasteiger partial charge < -0.3 is 10.0 Å². The van der Waals surface area contributed by atoms with Gasteiger partial charge in [0.2, 0.25) is 0 Å². The third-order valence-electron chi connectivity index (χ3n) is 5.82. The van der Waals surface area contributed by atoms with Crippen LogP contribution in [0.4, 0.5) is 19.1 Å². The lowest BCUT2D eigenvalue weighted by molar-refractivity contribution is -0.148. The van der Waals surface area contributed by atoms with E-state index in [0.717, 1.165) is 5.56 Å². The molecule has 1 saturated heterocycles. The molecule has 3 aromatic rings. The Morgan fingerprint density at radius 2 is 1.89 bits per heavy atom. The summed E-state index contributed by atoms with van der Waals surface area (Å²) in [5.41, 5.74) is 0.863. The molecule has 0 spiro atoms. The second kappa shape index (κ2) is 9.54. The molecule has 1 N–H and O–H groups in total. The summed E-state index contributed by atoms with van der Waals surface area (Å²) in [7, 11) is 3.65. The minimum absolute atomic E-state index is 0.212. The molecule has 0 bridgehead atoms. The molecule has 1 atom stereocenters. The Balaban J connectivity index is 1.88. The lowest BCUT2D eigenvalue weighted by atomic mass is 9.94. The van der Waals surface area contributed by atoms with E-state index >= 15 is 0 Å². The summed E-state index contributed by atoms with van der Waals surface area (Å²) >= 11 is 0. The minimum atomic E-state index is -4.26. The molecule has 1 aliphatic rings. The van der Waals surface area contributed by atoms with Crippen molar-refractivity contribution in [1.82, 2.24) is 29.4 Å². The third-order valence-corrected chi connectivity index (χ3v) is 5.82. The number of nitrogens with zero attached hydrogens (tertiary/aromatic N) is 7. The lowest BCUT2D eigenvalue weighted by Crippen LogP contribution is -2.40. The van der Waals surface area contributed by atoms with Crippen molar-refractivity contribution in [2.75, 3.05) is 33.7 Å². The SMILES string of the molecule is CN(C)C=Nc1nc(-c2ccccc2)c(C(C)(C)O)c2nc([C@@H]3CCCN(CC(F)(F)F)C3)nn12. The summed E-state index contributed by atoms with van der Waals surface area (Å²) in [5, 5.41) is 15.8. The zero-order chi connectivity index (χ0) is 25.4. The lowest BCUT2D eigenvalue weighted by Gasteiger charge is -2.31. The van der Waals surface area contributed by atoms with Crippen LogP contribution in [0.5, 0.6) is 0 Å². The van der Waals surface area contributed by atoms with Crippen LogP contribution >= 0.6 is 0 Å². The van der Waals surface area contributed by atoms with Crippen molar-refractivity contribution in [2.24, 2.45) is 4.99 Å². The molecule has 1 aromatic carbocycles. The molecule has 2 aromatic heterocycles. The minimum Gasteiger partial charge on any atom is -0.386 e. The van der Waals surface area contributed by atoms with Crippen molar-refractivity contribution in [3.05, 3.63) is 41.7 Å². The first-order chi connectivity index (χ1) is 16.4. The summed E-state index contributed by atoms with van der Waals surface area (Å²) in [6, 6.07) is 9.43. The molecule has 0 radical (unpaired) electrons. The number of halogens is 3. The zero-order valence-corrected chi connectivity index (χ0v) is 20.3. The van der Waals surface area contributed by atoms with Gasteiger partial charge in [0.1, 0.15) is 0 Å². The normalized spacial score (nSPS) is 18.0. The van der Waals surface area contributed by atoms with E-state index in [1.54, 1.807) is 25.1 Å². The molecule has 8 nitrogen and oxygen atoms in total. The van der Waals surface area contributed by atoms with Gasteiger partial charge in [-0.3, -0.25) is 4.90 Å². The quantitative estimate of drug-likeness (QED) is 0.417. The molecule has 1 aliphatic heterocycles. The maximum Gasteiger partial charge on any atom is 0.401 e. The van der Waals surface area contributed by atoms with Crippen molar-refractivity contribution >= 4 is 17.9 Å². The average molecular weight is 490 g/mol. The van der Waals surface area contributed by atoms with Gasteiger partial charge in [0.05, 0.1) is 29.7 Å². The van der Waals surface area contributed by atoms with E-state index in [1.165, 1.54) is 9.42 Å². The molecule has 35 heavy (non-hydrogen) atoms. The van der Waals surface area contributed by atoms with Crippen molar-refractivity contribution in [1.29, 1.82) is 0 Å². The number of hydrogen-bond donors (Lipinski definition) is 1. The average Bonchev–Trinajstić information content (AvgIpc) is 3.21. The topological polar surface area (TPSA) is 82.1 Å². The number of aliphatic imine (C=N–C) groups is 1. The zero-order valence-electron chi connectivity index (χ0n) is 20.3. The van der Waals surface area contributed by atoms with E-state index < -0.39 is 18.3 Å². The van der Waals surface area contributed by atoms with E-state index in [2.05, 4.69) is 10.1 Å². The molecule has 4 rings (SSSR count). The van der Waals surface area contributed by atoms with Crippen LogP contribution in [0, 0.1) is 0 Å². The highest BCUT2D eigenvalue weighted by Crippen LogP contribution is 2.36. The van der Waals surface area contributed by atoms with Gasteiger partial charge in [-0.05, 0) is 33.2 Å². The van der Waals surface area contributed by atoms with Crippen LogP contribution in [0.1, 0.15) is 44.0 Å². The smallest absolute Gasteiger partial charge is 0.386 e. The number of rotatable bonds is 6. The van der Waals surface area contributed by atoms with Crippen LogP contribution in [0.25, 0.3) is 16.9 Å². The van der Waals surface area contributed by atoms with E-state index in [4.69, 9.17) is 9.97 Å². The first-order valence-electron chi connectivity index (χ1n) is 11.5. The fraction of sp³-hybridized carbons (Fsp3) is 0.500. The molecule has 0 amide bonds. The largest absolute Gasteiger partial charge is 0.401 e. The summed E-state index contributed by atoms with van der Waals surface area (Å²) in [6.45, 7) is 2.95. The van der Waals surface area contributed by atoms with Gasteiger partial charge in [-0.1, -0.05) is 30.3 Å². The molecule has 0 aliphatic carbocycles. The summed E-state index contributed by atoms with van der Waals surface area (Å²) < 4.78 is 40.5. The van der Waals surface area contributed by atoms with Gasteiger partial charge in [0.15, 0.2) is 11.5 Å². The number of likely N-dealkylation sites (tertiary alicyclic amines) is 1. The Morgan fingerprint density at radius 1 is 1.17 bits per heavy atom. The number of aliphatic hydroxyl groups is 1. The first kappa shape index (κ1) is 25.1. The monoisotopic (exact) mass is 489 g/mol. The number of alkyl halides is 3. The number of piperidine rings is 1. The van der Waals surface area contributed by atoms with Gasteiger partial charge in [0, 0.05) is 32.1 Å². The Morgan fingerprint density at radius 3 is 2.51 bits per heavy atom. The van der Waals surface area contributed by atoms with E-state index in [-0.39, 0.29) is 18.4 Å². The Bertz CT molecular complexity index is 1200.